The van der Waals surface area contributed by atoms with Gasteiger partial charge in [0.2, 0.25) is 0 Å². The van der Waals surface area contributed by atoms with Crippen molar-refractivity contribution in [3.05, 3.63) is 63.5 Å². The Balaban J connectivity index is 2.23. The van der Waals surface area contributed by atoms with Crippen LogP contribution in [0.5, 0.6) is 5.75 Å². The fraction of sp³-hybridized carbons (Fsp3) is 0.143. The van der Waals surface area contributed by atoms with E-state index < -0.39 is 16.5 Å². The molecule has 0 aromatic heterocycles. The Kier molecular flexibility index (Phi) is 3.84. The smallest absolute Gasteiger partial charge is 0.292 e. The third-order valence-electron chi connectivity index (χ3n) is 2.89. The first kappa shape index (κ1) is 13.8. The van der Waals surface area contributed by atoms with E-state index in [1.54, 1.807) is 25.1 Å². The molecule has 0 radical (unpaired) electrons. The number of rotatable bonds is 4. The minimum absolute atomic E-state index is 0.0547. The number of nitro groups is 1. The Labute approximate surface area is 114 Å². The van der Waals surface area contributed by atoms with Gasteiger partial charge < -0.3 is 10.4 Å². The largest absolute Gasteiger partial charge is 0.505 e. The van der Waals surface area contributed by atoms with Crippen molar-refractivity contribution in [3.63, 3.8) is 0 Å². The molecule has 0 heterocycles. The van der Waals surface area contributed by atoms with Crippen LogP contribution in [0.15, 0.2) is 36.4 Å². The summed E-state index contributed by atoms with van der Waals surface area (Å²) in [5, 5.41) is 23.3. The Morgan fingerprint density at radius 1 is 1.35 bits per heavy atom. The molecule has 2 rings (SSSR count). The van der Waals surface area contributed by atoms with Gasteiger partial charge >= 0.3 is 0 Å². The standard InChI is InChI=1S/C14H13FN2O3/c1-9-5-6-12(13(7-9)17(19)20)16-8-10-3-2-4-11(15)14(10)18/h2-7,16,18H,8H2,1H3. The van der Waals surface area contributed by atoms with Crippen molar-refractivity contribution in [1.29, 1.82) is 0 Å². The zero-order chi connectivity index (χ0) is 14.7. The number of para-hydroxylation sites is 1. The van der Waals surface area contributed by atoms with Crippen LogP contribution in [-0.4, -0.2) is 10.0 Å². The molecule has 20 heavy (non-hydrogen) atoms. The second-order valence-electron chi connectivity index (χ2n) is 4.38. The van der Waals surface area contributed by atoms with E-state index in [1.165, 1.54) is 12.1 Å². The number of phenolic OH excluding ortho intramolecular Hbond substituents is 1. The lowest BCUT2D eigenvalue weighted by molar-refractivity contribution is -0.384. The summed E-state index contributed by atoms with van der Waals surface area (Å²) in [6, 6.07) is 8.94. The summed E-state index contributed by atoms with van der Waals surface area (Å²) >= 11 is 0. The lowest BCUT2D eigenvalue weighted by Gasteiger charge is -2.09. The molecule has 0 spiro atoms. The lowest BCUT2D eigenvalue weighted by Crippen LogP contribution is -2.03. The summed E-state index contributed by atoms with van der Waals surface area (Å²) in [5.74, 6) is -1.17. The van der Waals surface area contributed by atoms with Crippen LogP contribution < -0.4 is 5.32 Å². The Hall–Kier alpha value is -2.63. The van der Waals surface area contributed by atoms with Crippen LogP contribution in [0.2, 0.25) is 0 Å². The van der Waals surface area contributed by atoms with Gasteiger partial charge in [0.15, 0.2) is 11.6 Å². The first-order valence-corrected chi connectivity index (χ1v) is 5.94. The van der Waals surface area contributed by atoms with E-state index in [4.69, 9.17) is 0 Å². The Morgan fingerprint density at radius 3 is 2.80 bits per heavy atom. The molecule has 2 N–H and O–H groups in total. The van der Waals surface area contributed by atoms with Crippen molar-refractivity contribution in [2.75, 3.05) is 5.32 Å². The number of aryl methyl sites for hydroxylation is 1. The number of halogens is 1. The highest BCUT2D eigenvalue weighted by atomic mass is 19.1. The summed E-state index contributed by atoms with van der Waals surface area (Å²) in [6.07, 6.45) is 0. The van der Waals surface area contributed by atoms with Crippen molar-refractivity contribution in [3.8, 4) is 5.75 Å². The normalized spacial score (nSPS) is 10.3. The molecule has 0 amide bonds. The topological polar surface area (TPSA) is 75.4 Å². The number of hydrogen-bond donors (Lipinski definition) is 2. The lowest BCUT2D eigenvalue weighted by atomic mass is 10.1. The van der Waals surface area contributed by atoms with E-state index in [0.29, 0.717) is 11.3 Å². The maximum atomic E-state index is 13.2. The number of aromatic hydroxyl groups is 1. The summed E-state index contributed by atoms with van der Waals surface area (Å²) in [7, 11) is 0. The molecule has 0 aliphatic heterocycles. The van der Waals surface area contributed by atoms with Gasteiger partial charge in [0.25, 0.3) is 5.69 Å². The average Bonchev–Trinajstić information content (AvgIpc) is 2.41. The van der Waals surface area contributed by atoms with Crippen LogP contribution >= 0.6 is 0 Å². The van der Waals surface area contributed by atoms with Gasteiger partial charge in [-0.1, -0.05) is 18.2 Å². The van der Waals surface area contributed by atoms with Gasteiger partial charge in [-0.25, -0.2) is 4.39 Å². The highest BCUT2D eigenvalue weighted by molar-refractivity contribution is 5.62. The molecular weight excluding hydrogens is 263 g/mol. The van der Waals surface area contributed by atoms with Crippen molar-refractivity contribution in [1.82, 2.24) is 0 Å². The van der Waals surface area contributed by atoms with Crippen molar-refractivity contribution in [2.45, 2.75) is 13.5 Å². The second-order valence-corrected chi connectivity index (χ2v) is 4.38. The van der Waals surface area contributed by atoms with E-state index in [2.05, 4.69) is 5.32 Å². The number of nitrogens with zero attached hydrogens (tertiary/aromatic N) is 1. The molecule has 0 unspecified atom stereocenters. The van der Waals surface area contributed by atoms with E-state index in [1.807, 2.05) is 0 Å². The first-order chi connectivity index (χ1) is 9.49. The van der Waals surface area contributed by atoms with Gasteiger partial charge in [0, 0.05) is 18.2 Å². The fourth-order valence-corrected chi connectivity index (χ4v) is 1.84. The maximum Gasteiger partial charge on any atom is 0.292 e. The van der Waals surface area contributed by atoms with Crippen LogP contribution in [0.3, 0.4) is 0 Å². The summed E-state index contributed by atoms with van der Waals surface area (Å²) in [5.41, 5.74) is 1.38. The molecule has 0 saturated carbocycles. The molecule has 0 fully saturated rings. The van der Waals surface area contributed by atoms with Crippen molar-refractivity contribution >= 4 is 11.4 Å². The minimum Gasteiger partial charge on any atom is -0.505 e. The van der Waals surface area contributed by atoms with Crippen molar-refractivity contribution < 1.29 is 14.4 Å². The van der Waals surface area contributed by atoms with Gasteiger partial charge in [-0.05, 0) is 24.6 Å². The third kappa shape index (κ3) is 2.85. The van der Waals surface area contributed by atoms with Crippen LogP contribution in [0.4, 0.5) is 15.8 Å². The number of nitro benzene ring substituents is 1. The number of nitrogens with one attached hydrogen (secondary N) is 1. The van der Waals surface area contributed by atoms with E-state index >= 15 is 0 Å². The van der Waals surface area contributed by atoms with Gasteiger partial charge in [-0.15, -0.1) is 0 Å². The maximum absolute atomic E-state index is 13.2. The number of benzene rings is 2. The molecule has 104 valence electrons. The Morgan fingerprint density at radius 2 is 2.10 bits per heavy atom. The molecule has 5 nitrogen and oxygen atoms in total. The van der Waals surface area contributed by atoms with Crippen LogP contribution in [0.1, 0.15) is 11.1 Å². The first-order valence-electron chi connectivity index (χ1n) is 5.94. The predicted molar refractivity (Wildman–Crippen MR) is 73.2 cm³/mol. The number of hydrogen-bond acceptors (Lipinski definition) is 4. The highest BCUT2D eigenvalue weighted by Crippen LogP contribution is 2.27. The summed E-state index contributed by atoms with van der Waals surface area (Å²) in [4.78, 5) is 10.5. The molecule has 2 aromatic carbocycles. The quantitative estimate of drug-likeness (QED) is 0.663. The van der Waals surface area contributed by atoms with Crippen LogP contribution in [0, 0.1) is 22.9 Å². The van der Waals surface area contributed by atoms with E-state index in [-0.39, 0.29) is 12.2 Å². The van der Waals surface area contributed by atoms with E-state index in [0.717, 1.165) is 11.6 Å². The second kappa shape index (κ2) is 5.56. The van der Waals surface area contributed by atoms with Gasteiger partial charge in [0.1, 0.15) is 5.69 Å². The SMILES string of the molecule is Cc1ccc(NCc2cccc(F)c2O)c([N+](=O)[O-])c1. The third-order valence-corrected chi connectivity index (χ3v) is 2.89. The molecule has 0 bridgehead atoms. The molecule has 0 saturated heterocycles. The van der Waals surface area contributed by atoms with Gasteiger partial charge in [0.05, 0.1) is 4.92 Å². The zero-order valence-corrected chi connectivity index (χ0v) is 10.8. The highest BCUT2D eigenvalue weighted by Gasteiger charge is 2.14. The average molecular weight is 276 g/mol. The molecule has 6 heteroatoms. The molecule has 2 aromatic rings. The molecule has 0 atom stereocenters. The molecular formula is C14H13FN2O3. The number of phenols is 1. The monoisotopic (exact) mass is 276 g/mol. The van der Waals surface area contributed by atoms with Crippen LogP contribution in [-0.2, 0) is 6.54 Å². The molecule has 0 aliphatic rings. The van der Waals surface area contributed by atoms with Gasteiger partial charge in [-0.2, -0.15) is 0 Å². The fourth-order valence-electron chi connectivity index (χ4n) is 1.84. The predicted octanol–water partition coefficient (Wildman–Crippen LogP) is 3.36. The summed E-state index contributed by atoms with van der Waals surface area (Å²) < 4.78 is 13.2. The minimum atomic E-state index is -0.720. The van der Waals surface area contributed by atoms with Gasteiger partial charge in [-0.3, -0.25) is 10.1 Å². The van der Waals surface area contributed by atoms with Crippen molar-refractivity contribution in [2.24, 2.45) is 0 Å². The molecule has 0 aliphatic carbocycles. The summed E-state index contributed by atoms with van der Waals surface area (Å²) in [6.45, 7) is 1.85. The van der Waals surface area contributed by atoms with E-state index in [9.17, 15) is 19.6 Å². The Bertz CT molecular complexity index is 659. The number of anilines is 1. The zero-order valence-electron chi connectivity index (χ0n) is 10.8. The van der Waals surface area contributed by atoms with Crippen LogP contribution in [0.25, 0.3) is 0 Å².